The van der Waals surface area contributed by atoms with Gasteiger partial charge >= 0.3 is 0 Å². The fourth-order valence-electron chi connectivity index (χ4n) is 4.45. The molecule has 0 spiro atoms. The highest BCUT2D eigenvalue weighted by Gasteiger charge is 2.36. The van der Waals surface area contributed by atoms with Gasteiger partial charge in [-0.05, 0) is 48.0 Å². The van der Waals surface area contributed by atoms with Gasteiger partial charge in [0.05, 0.1) is 43.4 Å². The number of nitrogens with zero attached hydrogens (tertiary/aromatic N) is 4. The number of pyridine rings is 1. The second-order valence-corrected chi connectivity index (χ2v) is 9.52. The number of rotatable bonds is 8. The quantitative estimate of drug-likeness (QED) is 0.323. The second-order valence-electron chi connectivity index (χ2n) is 9.09. The van der Waals surface area contributed by atoms with Crippen molar-refractivity contribution in [3.63, 3.8) is 0 Å². The number of carbonyl (C=O) groups is 3. The lowest BCUT2D eigenvalue weighted by Gasteiger charge is -2.29. The Kier molecular flexibility index (Phi) is 8.06. The molecule has 5 rings (SSSR count). The van der Waals surface area contributed by atoms with Crippen LogP contribution in [0.5, 0.6) is 11.6 Å². The number of hydrogen-bond acceptors (Lipinski definition) is 8. The Hall–Kier alpha value is -5.03. The van der Waals surface area contributed by atoms with E-state index in [0.717, 1.165) is 0 Å². The molecule has 0 fully saturated rings. The minimum atomic E-state index is -0.869. The van der Waals surface area contributed by atoms with Crippen LogP contribution in [0.3, 0.4) is 0 Å². The number of ether oxygens (including phenoxy) is 2. The fraction of sp³-hybridized carbons (Fsp3) is 0.172. The lowest BCUT2D eigenvalue weighted by Crippen LogP contribution is -2.46. The molecule has 1 unspecified atom stereocenters. The summed E-state index contributed by atoms with van der Waals surface area (Å²) in [5.41, 5.74) is 2.20. The predicted octanol–water partition coefficient (Wildman–Crippen LogP) is 4.00. The number of fused-ring (bicyclic) bond motifs is 1. The van der Waals surface area contributed by atoms with E-state index in [1.165, 1.54) is 31.5 Å². The molecule has 3 heterocycles. The minimum absolute atomic E-state index is 0.0635. The van der Waals surface area contributed by atoms with E-state index in [9.17, 15) is 14.4 Å². The van der Waals surface area contributed by atoms with Crippen LogP contribution in [0, 0.1) is 0 Å². The first-order valence-electron chi connectivity index (χ1n) is 12.5. The van der Waals surface area contributed by atoms with Crippen molar-refractivity contribution in [1.82, 2.24) is 19.9 Å². The lowest BCUT2D eigenvalue weighted by atomic mass is 10.0. The van der Waals surface area contributed by atoms with Crippen LogP contribution in [0.1, 0.15) is 32.0 Å². The van der Waals surface area contributed by atoms with Gasteiger partial charge in [0.1, 0.15) is 11.8 Å². The molecule has 2 aromatic heterocycles. The summed E-state index contributed by atoms with van der Waals surface area (Å²) in [5, 5.41) is 5.91. The molecule has 0 aliphatic carbocycles. The van der Waals surface area contributed by atoms with E-state index < -0.39 is 11.9 Å². The van der Waals surface area contributed by atoms with Crippen LogP contribution in [0.4, 0.5) is 11.5 Å². The van der Waals surface area contributed by atoms with Crippen molar-refractivity contribution >= 4 is 40.8 Å². The zero-order chi connectivity index (χ0) is 28.9. The molecule has 2 N–H and O–H groups in total. The number of hydrogen-bond donors (Lipinski definition) is 2. The van der Waals surface area contributed by atoms with Gasteiger partial charge in [-0.15, -0.1) is 0 Å². The van der Waals surface area contributed by atoms with E-state index >= 15 is 0 Å². The van der Waals surface area contributed by atoms with Gasteiger partial charge in [0.15, 0.2) is 5.82 Å². The highest BCUT2D eigenvalue weighted by molar-refractivity contribution is 6.31. The van der Waals surface area contributed by atoms with Crippen LogP contribution in [0.25, 0.3) is 0 Å². The van der Waals surface area contributed by atoms with Crippen molar-refractivity contribution in [3.05, 3.63) is 101 Å². The van der Waals surface area contributed by atoms with Crippen LogP contribution < -0.4 is 20.1 Å². The smallest absolute Gasteiger partial charge is 0.260 e. The molecule has 0 saturated heterocycles. The molecule has 0 radical (unpaired) electrons. The monoisotopic (exact) mass is 572 g/mol. The maximum Gasteiger partial charge on any atom is 0.260 e. The van der Waals surface area contributed by atoms with Crippen LogP contribution in [-0.4, -0.2) is 57.8 Å². The van der Waals surface area contributed by atoms with Gasteiger partial charge in [0.25, 0.3) is 11.8 Å². The zero-order valence-corrected chi connectivity index (χ0v) is 22.9. The minimum Gasteiger partial charge on any atom is -0.496 e. The van der Waals surface area contributed by atoms with Crippen molar-refractivity contribution < 1.29 is 23.9 Å². The van der Waals surface area contributed by atoms with E-state index in [1.54, 1.807) is 54.7 Å². The Morgan fingerprint density at radius 2 is 1.88 bits per heavy atom. The standard InChI is InChI=1S/C29H25ClN6O5/c1-40-24-11-17(6-8-21(24)27(37)35-25-14-33-26(41-2)15-32-25)16-36-23(13-19-5-3-4-10-31-19)28(38)34-22-12-18(30)7-9-20(22)29(36)39/h3-12,14-15,23H,13,16H2,1-2H3,(H,34,38)(H,32,35,37). The topological polar surface area (TPSA) is 136 Å². The highest BCUT2D eigenvalue weighted by Crippen LogP contribution is 2.30. The zero-order valence-electron chi connectivity index (χ0n) is 22.1. The number of methoxy groups -OCH3 is 2. The summed E-state index contributed by atoms with van der Waals surface area (Å²) in [4.78, 5) is 54.2. The molecule has 208 valence electrons. The maximum absolute atomic E-state index is 13.8. The maximum atomic E-state index is 13.8. The number of nitrogens with one attached hydrogen (secondary N) is 2. The molecule has 1 atom stereocenters. The fourth-order valence-corrected chi connectivity index (χ4v) is 4.62. The van der Waals surface area contributed by atoms with Gasteiger partial charge in [0, 0.05) is 29.9 Å². The number of anilines is 2. The van der Waals surface area contributed by atoms with Crippen LogP contribution in [0.15, 0.2) is 73.2 Å². The molecule has 4 aromatic rings. The van der Waals surface area contributed by atoms with Crippen molar-refractivity contribution in [2.75, 3.05) is 24.9 Å². The molecule has 0 saturated carbocycles. The van der Waals surface area contributed by atoms with Crippen LogP contribution in [-0.2, 0) is 17.8 Å². The summed E-state index contributed by atoms with van der Waals surface area (Å²) < 4.78 is 10.5. The van der Waals surface area contributed by atoms with Gasteiger partial charge in [-0.2, -0.15) is 0 Å². The molecule has 2 aromatic carbocycles. The predicted molar refractivity (Wildman–Crippen MR) is 151 cm³/mol. The molecular formula is C29H25ClN6O5. The van der Waals surface area contributed by atoms with Crippen molar-refractivity contribution in [3.8, 4) is 11.6 Å². The van der Waals surface area contributed by atoms with Gasteiger partial charge in [-0.1, -0.05) is 23.7 Å². The molecular weight excluding hydrogens is 548 g/mol. The van der Waals surface area contributed by atoms with Crippen molar-refractivity contribution in [2.45, 2.75) is 19.0 Å². The largest absolute Gasteiger partial charge is 0.496 e. The van der Waals surface area contributed by atoms with Gasteiger partial charge < -0.3 is 25.0 Å². The van der Waals surface area contributed by atoms with Crippen LogP contribution >= 0.6 is 11.6 Å². The summed E-state index contributed by atoms with van der Waals surface area (Å²) in [7, 11) is 2.91. The van der Waals surface area contributed by atoms with E-state index in [-0.39, 0.29) is 41.9 Å². The van der Waals surface area contributed by atoms with Crippen molar-refractivity contribution in [2.24, 2.45) is 0 Å². The van der Waals surface area contributed by atoms with E-state index in [0.29, 0.717) is 33.4 Å². The number of amides is 3. The average molecular weight is 573 g/mol. The Balaban J connectivity index is 1.45. The third kappa shape index (κ3) is 6.10. The molecule has 3 amide bonds. The first-order valence-corrected chi connectivity index (χ1v) is 12.9. The number of halogens is 1. The third-order valence-electron chi connectivity index (χ3n) is 6.48. The van der Waals surface area contributed by atoms with E-state index in [4.69, 9.17) is 21.1 Å². The van der Waals surface area contributed by atoms with Gasteiger partial charge in [-0.3, -0.25) is 19.4 Å². The second kappa shape index (κ2) is 12.0. The Labute approximate surface area is 240 Å². The number of carbonyl (C=O) groups excluding carboxylic acids is 3. The molecule has 41 heavy (non-hydrogen) atoms. The third-order valence-corrected chi connectivity index (χ3v) is 6.72. The average Bonchev–Trinajstić information content (AvgIpc) is 3.07. The molecule has 0 bridgehead atoms. The Morgan fingerprint density at radius 3 is 2.59 bits per heavy atom. The van der Waals surface area contributed by atoms with Crippen LogP contribution in [0.2, 0.25) is 5.02 Å². The number of aromatic nitrogens is 3. The van der Waals surface area contributed by atoms with E-state index in [2.05, 4.69) is 25.6 Å². The molecule has 1 aliphatic heterocycles. The summed E-state index contributed by atoms with van der Waals surface area (Å²) >= 11 is 6.15. The summed E-state index contributed by atoms with van der Waals surface area (Å²) in [6, 6.07) is 14.2. The van der Waals surface area contributed by atoms with Gasteiger partial charge in [-0.25, -0.2) is 9.97 Å². The summed E-state index contributed by atoms with van der Waals surface area (Å²) in [5.74, 6) is -0.352. The Bertz CT molecular complexity index is 1600. The van der Waals surface area contributed by atoms with Gasteiger partial charge in [0.2, 0.25) is 11.8 Å². The van der Waals surface area contributed by atoms with E-state index in [1.807, 2.05) is 6.07 Å². The molecule has 11 nitrogen and oxygen atoms in total. The number of benzene rings is 2. The van der Waals surface area contributed by atoms with Crippen molar-refractivity contribution in [1.29, 1.82) is 0 Å². The SMILES string of the molecule is COc1cnc(NC(=O)c2ccc(CN3C(=O)c4ccc(Cl)cc4NC(=O)C3Cc3ccccn3)cc2OC)cn1. The highest BCUT2D eigenvalue weighted by atomic mass is 35.5. The lowest BCUT2D eigenvalue weighted by molar-refractivity contribution is -0.120. The molecule has 12 heteroatoms. The summed E-state index contributed by atoms with van der Waals surface area (Å²) in [6.07, 6.45) is 4.59. The normalized spacial score (nSPS) is 14.5. The summed E-state index contributed by atoms with van der Waals surface area (Å²) in [6.45, 7) is 0.0635. The molecule has 1 aliphatic rings. The Morgan fingerprint density at radius 1 is 1.02 bits per heavy atom. The first kappa shape index (κ1) is 27.5. The first-order chi connectivity index (χ1) is 19.9.